The summed E-state index contributed by atoms with van der Waals surface area (Å²) >= 11 is 5.88. The van der Waals surface area contributed by atoms with E-state index in [1.54, 1.807) is 13.8 Å². The third kappa shape index (κ3) is 4.79. The van der Waals surface area contributed by atoms with E-state index in [0.717, 1.165) is 11.1 Å². The second-order valence-electron chi connectivity index (χ2n) is 5.28. The van der Waals surface area contributed by atoms with Gasteiger partial charge in [0.25, 0.3) is 0 Å². The van der Waals surface area contributed by atoms with Crippen LogP contribution in [0.2, 0.25) is 5.02 Å². The second kappa shape index (κ2) is 6.63. The molecule has 0 aliphatic rings. The van der Waals surface area contributed by atoms with Crippen molar-refractivity contribution in [3.05, 3.63) is 76.3 Å². The Morgan fingerprint density at radius 1 is 1.05 bits per heavy atom. The van der Waals surface area contributed by atoms with Crippen molar-refractivity contribution >= 4 is 17.7 Å². The molecule has 1 nitrogen and oxygen atoms in total. The third-order valence-corrected chi connectivity index (χ3v) is 3.21. The molecule has 2 rings (SSSR count). The van der Waals surface area contributed by atoms with Gasteiger partial charge in [0.05, 0.1) is 5.60 Å². The molecule has 0 saturated heterocycles. The first-order valence-electron chi connectivity index (χ1n) is 6.72. The number of hydrogen-bond acceptors (Lipinski definition) is 1. The van der Waals surface area contributed by atoms with Gasteiger partial charge in [-0.3, -0.25) is 0 Å². The summed E-state index contributed by atoms with van der Waals surface area (Å²) < 4.78 is 0. The van der Waals surface area contributed by atoms with E-state index in [-0.39, 0.29) is 0 Å². The fraction of sp³-hybridized carbons (Fsp3) is 0.158. The lowest BCUT2D eigenvalue weighted by Gasteiger charge is -2.17. The Labute approximate surface area is 130 Å². The summed E-state index contributed by atoms with van der Waals surface area (Å²) in [6.45, 7) is 3.46. The van der Waals surface area contributed by atoms with Gasteiger partial charge < -0.3 is 5.11 Å². The van der Waals surface area contributed by atoms with Crippen LogP contribution in [0.4, 0.5) is 0 Å². The zero-order valence-corrected chi connectivity index (χ0v) is 12.9. The summed E-state index contributed by atoms with van der Waals surface area (Å²) in [6.07, 6.45) is 1.88. The lowest BCUT2D eigenvalue weighted by Crippen LogP contribution is -2.20. The van der Waals surface area contributed by atoms with Crippen molar-refractivity contribution in [3.63, 3.8) is 0 Å². The van der Waals surface area contributed by atoms with Crippen LogP contribution in [0.25, 0.3) is 6.08 Å². The number of halogens is 1. The van der Waals surface area contributed by atoms with Gasteiger partial charge in [0.2, 0.25) is 0 Å². The Morgan fingerprint density at radius 2 is 1.67 bits per heavy atom. The highest BCUT2D eigenvalue weighted by Gasteiger charge is 2.17. The smallest absolute Gasteiger partial charge is 0.0918 e. The molecule has 2 aromatic carbocycles. The molecule has 106 valence electrons. The number of benzene rings is 2. The quantitative estimate of drug-likeness (QED) is 0.806. The molecule has 0 radical (unpaired) electrons. The van der Waals surface area contributed by atoms with Crippen LogP contribution in [-0.2, 0) is 0 Å². The minimum Gasteiger partial charge on any atom is -0.385 e. The highest BCUT2D eigenvalue weighted by molar-refractivity contribution is 6.30. The van der Waals surface area contributed by atoms with Gasteiger partial charge in [0.15, 0.2) is 0 Å². The first kappa shape index (κ1) is 15.4. The van der Waals surface area contributed by atoms with Crippen LogP contribution in [0.5, 0.6) is 0 Å². The van der Waals surface area contributed by atoms with Crippen LogP contribution in [0.15, 0.2) is 60.2 Å². The number of aliphatic hydroxyl groups is 1. The van der Waals surface area contributed by atoms with Crippen molar-refractivity contribution in [2.45, 2.75) is 19.4 Å². The normalized spacial score (nSPS) is 11.7. The van der Waals surface area contributed by atoms with Crippen molar-refractivity contribution < 1.29 is 5.11 Å². The molecular formula is C19H17ClO. The maximum atomic E-state index is 10.3. The molecule has 0 atom stereocenters. The van der Waals surface area contributed by atoms with Gasteiger partial charge in [0.1, 0.15) is 0 Å². The van der Waals surface area contributed by atoms with Gasteiger partial charge in [-0.2, -0.15) is 0 Å². The van der Waals surface area contributed by atoms with E-state index in [2.05, 4.69) is 11.8 Å². The fourth-order valence-corrected chi connectivity index (χ4v) is 1.88. The zero-order valence-electron chi connectivity index (χ0n) is 12.1. The molecule has 0 unspecified atom stereocenters. The van der Waals surface area contributed by atoms with Gasteiger partial charge in [0, 0.05) is 16.2 Å². The van der Waals surface area contributed by atoms with Crippen LogP contribution in [0.1, 0.15) is 25.0 Å². The predicted octanol–water partition coefficient (Wildman–Crippen LogP) is 4.55. The van der Waals surface area contributed by atoms with Crippen LogP contribution in [0, 0.1) is 11.8 Å². The van der Waals surface area contributed by atoms with E-state index in [0.29, 0.717) is 10.6 Å². The Morgan fingerprint density at radius 3 is 2.24 bits per heavy atom. The summed E-state index contributed by atoms with van der Waals surface area (Å²) in [7, 11) is 0. The molecule has 21 heavy (non-hydrogen) atoms. The molecule has 1 N–H and O–H groups in total. The minimum atomic E-state index is -0.999. The summed E-state index contributed by atoms with van der Waals surface area (Å²) in [5, 5.41) is 11.0. The molecule has 0 saturated carbocycles. The van der Waals surface area contributed by atoms with Crippen molar-refractivity contribution in [2.75, 3.05) is 0 Å². The van der Waals surface area contributed by atoms with Crippen molar-refractivity contribution in [2.24, 2.45) is 0 Å². The van der Waals surface area contributed by atoms with Gasteiger partial charge in [-0.25, -0.2) is 0 Å². The molecular weight excluding hydrogens is 280 g/mol. The summed E-state index contributed by atoms with van der Waals surface area (Å²) in [5.74, 6) is 6.15. The van der Waals surface area contributed by atoms with E-state index in [4.69, 9.17) is 11.6 Å². The van der Waals surface area contributed by atoms with E-state index in [9.17, 15) is 5.11 Å². The number of hydrogen-bond donors (Lipinski definition) is 1. The average molecular weight is 297 g/mol. The first-order chi connectivity index (χ1) is 9.95. The monoisotopic (exact) mass is 296 g/mol. The molecule has 0 aliphatic heterocycles. The topological polar surface area (TPSA) is 20.2 Å². The van der Waals surface area contributed by atoms with Gasteiger partial charge >= 0.3 is 0 Å². The molecule has 2 aromatic rings. The molecule has 0 aromatic heterocycles. The van der Waals surface area contributed by atoms with E-state index >= 15 is 0 Å². The molecule has 0 fully saturated rings. The van der Waals surface area contributed by atoms with E-state index in [1.165, 1.54) is 0 Å². The van der Waals surface area contributed by atoms with Gasteiger partial charge in [-0.15, -0.1) is 0 Å². The highest BCUT2D eigenvalue weighted by Crippen LogP contribution is 2.20. The molecule has 0 amide bonds. The Kier molecular flexibility index (Phi) is 4.85. The SMILES string of the molecule is CC(C)(O)/C(C#Cc1ccccc1)=C\c1ccc(Cl)cc1. The highest BCUT2D eigenvalue weighted by atomic mass is 35.5. The maximum Gasteiger partial charge on any atom is 0.0918 e. The summed E-state index contributed by atoms with van der Waals surface area (Å²) in [5.41, 5.74) is 1.54. The molecule has 0 aliphatic carbocycles. The van der Waals surface area contributed by atoms with Crippen molar-refractivity contribution in [3.8, 4) is 11.8 Å². The number of rotatable bonds is 2. The summed E-state index contributed by atoms with van der Waals surface area (Å²) in [4.78, 5) is 0. The van der Waals surface area contributed by atoms with Crippen LogP contribution >= 0.6 is 11.6 Å². The molecule has 0 heterocycles. The van der Waals surface area contributed by atoms with Crippen LogP contribution in [0.3, 0.4) is 0 Å². The van der Waals surface area contributed by atoms with Crippen molar-refractivity contribution in [1.82, 2.24) is 0 Å². The lowest BCUT2D eigenvalue weighted by molar-refractivity contribution is 0.126. The Balaban J connectivity index is 2.36. The van der Waals surface area contributed by atoms with Crippen LogP contribution < -0.4 is 0 Å². The van der Waals surface area contributed by atoms with E-state index in [1.807, 2.05) is 60.7 Å². The largest absolute Gasteiger partial charge is 0.385 e. The Hall–Kier alpha value is -2.01. The van der Waals surface area contributed by atoms with Crippen LogP contribution in [-0.4, -0.2) is 10.7 Å². The standard InChI is InChI=1S/C19H17ClO/c1-19(2,21)17(11-8-15-6-4-3-5-7-15)14-16-9-12-18(20)13-10-16/h3-7,9-10,12-14,21H,1-2H3/b17-14-. The fourth-order valence-electron chi connectivity index (χ4n) is 1.75. The van der Waals surface area contributed by atoms with Crippen molar-refractivity contribution in [1.29, 1.82) is 0 Å². The van der Waals surface area contributed by atoms with E-state index < -0.39 is 5.60 Å². The molecule has 0 spiro atoms. The maximum absolute atomic E-state index is 10.3. The summed E-state index contributed by atoms with van der Waals surface area (Å²) in [6, 6.07) is 17.2. The minimum absolute atomic E-state index is 0.661. The predicted molar refractivity (Wildman–Crippen MR) is 89.0 cm³/mol. The third-order valence-electron chi connectivity index (χ3n) is 2.96. The average Bonchev–Trinajstić information content (AvgIpc) is 2.45. The Bertz CT molecular complexity index is 680. The van der Waals surface area contributed by atoms with Gasteiger partial charge in [-0.1, -0.05) is 53.8 Å². The van der Waals surface area contributed by atoms with Gasteiger partial charge in [-0.05, 0) is 49.8 Å². The lowest BCUT2D eigenvalue weighted by atomic mass is 9.96. The molecule has 2 heteroatoms. The zero-order chi connectivity index (χ0) is 15.3. The first-order valence-corrected chi connectivity index (χ1v) is 7.10. The second-order valence-corrected chi connectivity index (χ2v) is 5.72. The molecule has 0 bridgehead atoms.